The van der Waals surface area contributed by atoms with Crippen LogP contribution in [0.2, 0.25) is 0 Å². The molecule has 1 aromatic carbocycles. The van der Waals surface area contributed by atoms with Crippen molar-refractivity contribution in [1.29, 1.82) is 0 Å². The second-order valence-electron chi connectivity index (χ2n) is 6.54. The van der Waals surface area contributed by atoms with Gasteiger partial charge in [-0.25, -0.2) is 22.0 Å². The van der Waals surface area contributed by atoms with E-state index >= 15 is 0 Å². The molecule has 2 saturated heterocycles. The number of hydrogen-bond acceptors (Lipinski definition) is 5. The number of ether oxygens (including phenoxy) is 1. The van der Waals surface area contributed by atoms with Gasteiger partial charge in [0.1, 0.15) is 0 Å². The maximum absolute atomic E-state index is 13.0. The molecule has 0 aliphatic carbocycles. The summed E-state index contributed by atoms with van der Waals surface area (Å²) in [5.41, 5.74) is -0.0527. The molecule has 0 bridgehead atoms. The first-order valence-corrected chi connectivity index (χ1v) is 10.9. The average molecular weight is 374 g/mol. The molecule has 24 heavy (non-hydrogen) atoms. The molecule has 0 saturated carbocycles. The molecule has 1 unspecified atom stereocenters. The smallest absolute Gasteiger partial charge is 0.243 e. The quantitative estimate of drug-likeness (QED) is 0.846. The zero-order valence-electron chi connectivity index (χ0n) is 13.5. The van der Waals surface area contributed by atoms with Crippen LogP contribution in [0.1, 0.15) is 26.2 Å². The lowest BCUT2D eigenvalue weighted by atomic mass is 9.75. The number of sulfonamides is 2. The Morgan fingerprint density at radius 2 is 1.75 bits per heavy atom. The van der Waals surface area contributed by atoms with E-state index in [2.05, 4.69) is 0 Å². The molecule has 0 amide bonds. The normalized spacial score (nSPS) is 25.2. The van der Waals surface area contributed by atoms with Crippen molar-refractivity contribution in [3.63, 3.8) is 0 Å². The third-order valence-corrected chi connectivity index (χ3v) is 8.25. The molecule has 1 spiro atoms. The van der Waals surface area contributed by atoms with Crippen molar-refractivity contribution in [3.8, 4) is 0 Å². The van der Waals surface area contributed by atoms with E-state index in [0.717, 1.165) is 25.3 Å². The van der Waals surface area contributed by atoms with Gasteiger partial charge in [0.2, 0.25) is 20.0 Å². The van der Waals surface area contributed by atoms with Crippen LogP contribution in [-0.4, -0.2) is 46.9 Å². The zero-order chi connectivity index (χ0) is 17.6. The van der Waals surface area contributed by atoms with Gasteiger partial charge in [-0.15, -0.1) is 0 Å². The topological polar surface area (TPSA) is 107 Å². The maximum Gasteiger partial charge on any atom is 0.243 e. The maximum atomic E-state index is 13.0. The third kappa shape index (κ3) is 2.99. The van der Waals surface area contributed by atoms with E-state index in [4.69, 9.17) is 9.88 Å². The first kappa shape index (κ1) is 17.8. The molecule has 0 aromatic heterocycles. The summed E-state index contributed by atoms with van der Waals surface area (Å²) >= 11 is 0. The van der Waals surface area contributed by atoms with Gasteiger partial charge in [-0.1, -0.05) is 6.07 Å². The standard InChI is InChI=1S/C15H22N2O5S2/c1-12-15(6-9-22-10-7-15)5-8-17(12)24(20,21)14-4-2-3-13(11-14)23(16,18)19/h2-4,11-12H,5-10H2,1H3,(H2,16,18,19). The summed E-state index contributed by atoms with van der Waals surface area (Å²) < 4.78 is 55.9. The highest BCUT2D eigenvalue weighted by atomic mass is 32.2. The number of benzene rings is 1. The fourth-order valence-electron chi connectivity index (χ4n) is 3.76. The minimum atomic E-state index is -3.95. The predicted molar refractivity (Wildman–Crippen MR) is 88.3 cm³/mol. The molecule has 2 heterocycles. The highest BCUT2D eigenvalue weighted by molar-refractivity contribution is 7.90. The van der Waals surface area contributed by atoms with E-state index in [1.54, 1.807) is 0 Å². The Labute approximate surface area is 142 Å². The fraction of sp³-hybridized carbons (Fsp3) is 0.600. The lowest BCUT2D eigenvalue weighted by Gasteiger charge is -2.38. The van der Waals surface area contributed by atoms with Crippen LogP contribution in [-0.2, 0) is 24.8 Å². The van der Waals surface area contributed by atoms with Gasteiger partial charge in [0.05, 0.1) is 9.79 Å². The molecule has 3 rings (SSSR count). The predicted octanol–water partition coefficient (Wildman–Crippen LogP) is 0.914. The molecule has 134 valence electrons. The monoisotopic (exact) mass is 374 g/mol. The SMILES string of the molecule is CC1N(S(=O)(=O)c2cccc(S(N)(=O)=O)c2)CCC12CCOCC2. The van der Waals surface area contributed by atoms with Gasteiger partial charge in [0.25, 0.3) is 0 Å². The Kier molecular flexibility index (Phi) is 4.50. The van der Waals surface area contributed by atoms with E-state index in [1.165, 1.54) is 22.5 Å². The third-order valence-electron chi connectivity index (χ3n) is 5.38. The molecule has 1 aromatic rings. The van der Waals surface area contributed by atoms with Gasteiger partial charge in [-0.2, -0.15) is 4.31 Å². The van der Waals surface area contributed by atoms with Gasteiger partial charge < -0.3 is 4.74 Å². The molecule has 2 aliphatic rings. The van der Waals surface area contributed by atoms with Crippen LogP contribution in [0.3, 0.4) is 0 Å². The molecule has 0 radical (unpaired) electrons. The molecular weight excluding hydrogens is 352 g/mol. The number of nitrogens with zero attached hydrogens (tertiary/aromatic N) is 1. The van der Waals surface area contributed by atoms with Gasteiger partial charge in [0, 0.05) is 25.8 Å². The minimum Gasteiger partial charge on any atom is -0.381 e. The number of rotatable bonds is 3. The largest absolute Gasteiger partial charge is 0.381 e. The Morgan fingerprint density at radius 3 is 2.38 bits per heavy atom. The summed E-state index contributed by atoms with van der Waals surface area (Å²) in [6, 6.07) is 5.08. The van der Waals surface area contributed by atoms with Crippen molar-refractivity contribution in [2.24, 2.45) is 10.6 Å². The highest BCUT2D eigenvalue weighted by Crippen LogP contribution is 2.46. The van der Waals surface area contributed by atoms with E-state index < -0.39 is 20.0 Å². The Morgan fingerprint density at radius 1 is 1.12 bits per heavy atom. The summed E-state index contributed by atoms with van der Waals surface area (Å²) in [7, 11) is -7.72. The molecular formula is C15H22N2O5S2. The molecule has 7 nitrogen and oxygen atoms in total. The highest BCUT2D eigenvalue weighted by Gasteiger charge is 2.49. The summed E-state index contributed by atoms with van der Waals surface area (Å²) in [5.74, 6) is 0. The van der Waals surface area contributed by atoms with Crippen molar-refractivity contribution < 1.29 is 21.6 Å². The number of nitrogens with two attached hydrogens (primary N) is 1. The van der Waals surface area contributed by atoms with Crippen molar-refractivity contribution in [1.82, 2.24) is 4.31 Å². The second-order valence-corrected chi connectivity index (χ2v) is 9.99. The summed E-state index contributed by atoms with van der Waals surface area (Å²) in [5, 5.41) is 5.11. The Bertz CT molecular complexity index is 829. The van der Waals surface area contributed by atoms with E-state index in [9.17, 15) is 16.8 Å². The van der Waals surface area contributed by atoms with E-state index in [0.29, 0.717) is 19.8 Å². The van der Waals surface area contributed by atoms with Crippen LogP contribution in [0.25, 0.3) is 0 Å². The van der Waals surface area contributed by atoms with Crippen LogP contribution >= 0.6 is 0 Å². The van der Waals surface area contributed by atoms with Gasteiger partial charge in [-0.05, 0) is 49.8 Å². The minimum absolute atomic E-state index is 0.0371. The molecule has 9 heteroatoms. The zero-order valence-corrected chi connectivity index (χ0v) is 15.1. The van der Waals surface area contributed by atoms with Crippen LogP contribution in [0, 0.1) is 5.41 Å². The second kappa shape index (κ2) is 6.06. The van der Waals surface area contributed by atoms with Gasteiger partial charge in [0.15, 0.2) is 0 Å². The lowest BCUT2D eigenvalue weighted by molar-refractivity contribution is 0.00582. The van der Waals surface area contributed by atoms with Gasteiger partial charge >= 0.3 is 0 Å². The molecule has 2 fully saturated rings. The fourth-order valence-corrected chi connectivity index (χ4v) is 6.16. The van der Waals surface area contributed by atoms with Gasteiger partial charge in [-0.3, -0.25) is 0 Å². The van der Waals surface area contributed by atoms with Crippen LogP contribution < -0.4 is 5.14 Å². The molecule has 2 N–H and O–H groups in total. The number of hydrogen-bond donors (Lipinski definition) is 1. The van der Waals surface area contributed by atoms with Crippen molar-refractivity contribution in [2.45, 2.75) is 42.0 Å². The van der Waals surface area contributed by atoms with E-state index in [1.807, 2.05) is 6.92 Å². The number of primary sulfonamides is 1. The van der Waals surface area contributed by atoms with Crippen LogP contribution in [0.15, 0.2) is 34.1 Å². The average Bonchev–Trinajstić information content (AvgIpc) is 2.85. The van der Waals surface area contributed by atoms with Crippen LogP contribution in [0.5, 0.6) is 0 Å². The molecule has 1 atom stereocenters. The Balaban J connectivity index is 1.94. The first-order chi connectivity index (χ1) is 11.2. The summed E-state index contributed by atoms with van der Waals surface area (Å²) in [6.07, 6.45) is 2.49. The van der Waals surface area contributed by atoms with Crippen molar-refractivity contribution in [2.75, 3.05) is 19.8 Å². The first-order valence-electron chi connectivity index (χ1n) is 7.89. The van der Waals surface area contributed by atoms with Crippen molar-refractivity contribution >= 4 is 20.0 Å². The summed E-state index contributed by atoms with van der Waals surface area (Å²) in [6.45, 7) is 3.67. The lowest BCUT2D eigenvalue weighted by Crippen LogP contribution is -2.43. The van der Waals surface area contributed by atoms with Crippen molar-refractivity contribution in [3.05, 3.63) is 24.3 Å². The van der Waals surface area contributed by atoms with E-state index in [-0.39, 0.29) is 21.2 Å². The summed E-state index contributed by atoms with van der Waals surface area (Å²) in [4.78, 5) is -0.235. The van der Waals surface area contributed by atoms with Crippen LogP contribution in [0.4, 0.5) is 0 Å². The Hall–Kier alpha value is -1.00. The molecule has 2 aliphatic heterocycles.